The molecular formula is C33H36ClF2N7O2. The van der Waals surface area contributed by atoms with Gasteiger partial charge < -0.3 is 19.4 Å². The Morgan fingerprint density at radius 1 is 1.18 bits per heavy atom. The van der Waals surface area contributed by atoms with Crippen molar-refractivity contribution >= 4 is 39.8 Å². The molecular weight excluding hydrogens is 600 g/mol. The zero-order valence-corrected chi connectivity index (χ0v) is 26.2. The largest absolute Gasteiger partial charge is 0.462 e. The molecule has 2 aromatic carbocycles. The second-order valence-corrected chi connectivity index (χ2v) is 12.8. The molecule has 3 atom stereocenters. The van der Waals surface area contributed by atoms with Gasteiger partial charge in [-0.05, 0) is 37.9 Å². The van der Waals surface area contributed by atoms with Gasteiger partial charge in [0.1, 0.15) is 18.1 Å². The van der Waals surface area contributed by atoms with Gasteiger partial charge in [-0.25, -0.2) is 8.78 Å². The first kappa shape index (κ1) is 31.0. The minimum Gasteiger partial charge on any atom is -0.462 e. The summed E-state index contributed by atoms with van der Waals surface area (Å²) >= 11 is 6.67. The summed E-state index contributed by atoms with van der Waals surface area (Å²) in [5.41, 5.74) is 1.48. The summed E-state index contributed by atoms with van der Waals surface area (Å²) in [5.74, 6) is -1.17. The number of likely N-dealkylation sites (N-methyl/N-ethyl adjacent to an activating group) is 1. The van der Waals surface area contributed by atoms with Crippen molar-refractivity contribution in [2.24, 2.45) is 0 Å². The smallest absolute Gasteiger partial charge is 0.318 e. The number of aromatic nitrogens is 2. The Bertz CT molecular complexity index is 1670. The van der Waals surface area contributed by atoms with Crippen LogP contribution in [0.5, 0.6) is 6.01 Å². The number of nitriles is 1. The molecule has 1 unspecified atom stereocenters. The van der Waals surface area contributed by atoms with Crippen LogP contribution >= 0.6 is 11.6 Å². The van der Waals surface area contributed by atoms with E-state index in [4.69, 9.17) is 26.3 Å². The highest BCUT2D eigenvalue weighted by Crippen LogP contribution is 2.37. The molecule has 0 spiro atoms. The summed E-state index contributed by atoms with van der Waals surface area (Å²) in [5, 5.41) is 12.2. The third-order valence-corrected chi connectivity index (χ3v) is 9.38. The number of likely N-dealkylation sites (tertiary alicyclic amines) is 1. The average Bonchev–Trinajstić information content (AvgIpc) is 3.29. The van der Waals surface area contributed by atoms with Crippen molar-refractivity contribution in [3.63, 3.8) is 0 Å². The van der Waals surface area contributed by atoms with Crippen molar-refractivity contribution in [3.05, 3.63) is 65.1 Å². The van der Waals surface area contributed by atoms with Crippen LogP contribution in [0.3, 0.4) is 0 Å². The highest BCUT2D eigenvalue weighted by atomic mass is 35.5. The van der Waals surface area contributed by atoms with E-state index in [-0.39, 0.29) is 31.6 Å². The number of carbonyl (C=O) groups excluding carboxylic acids is 1. The molecule has 45 heavy (non-hydrogen) atoms. The van der Waals surface area contributed by atoms with E-state index in [0.717, 1.165) is 27.7 Å². The van der Waals surface area contributed by atoms with Crippen LogP contribution in [0.1, 0.15) is 31.0 Å². The number of halogens is 3. The molecule has 2 saturated heterocycles. The Kier molecular flexibility index (Phi) is 8.55. The number of hydrogen-bond acceptors (Lipinski definition) is 8. The molecule has 0 saturated carbocycles. The molecule has 4 heterocycles. The lowest BCUT2D eigenvalue weighted by atomic mass is 10.0. The van der Waals surface area contributed by atoms with Crippen molar-refractivity contribution in [1.82, 2.24) is 19.8 Å². The second-order valence-electron chi connectivity index (χ2n) is 12.4. The van der Waals surface area contributed by atoms with Gasteiger partial charge in [0.15, 0.2) is 5.83 Å². The Morgan fingerprint density at radius 2 is 1.96 bits per heavy atom. The number of alkyl halides is 1. The Morgan fingerprint density at radius 3 is 2.67 bits per heavy atom. The SMILES string of the molecule is C=C(F)C(=O)N1CCN(c2nc(OC[C@@H]3CC(C)(F)CN3C)nc3c2CCN(c2cccc4cccc(Cl)c24)C3)C[C@@H]1CC#N. The lowest BCUT2D eigenvalue weighted by Crippen LogP contribution is -2.55. The zero-order chi connectivity index (χ0) is 31.9. The first-order valence-electron chi connectivity index (χ1n) is 15.2. The molecule has 0 aliphatic carbocycles. The zero-order valence-electron chi connectivity index (χ0n) is 25.5. The summed E-state index contributed by atoms with van der Waals surface area (Å²) in [6.45, 7) is 7.40. The maximum Gasteiger partial charge on any atom is 0.318 e. The van der Waals surface area contributed by atoms with Crippen LogP contribution in [0, 0.1) is 11.3 Å². The number of rotatable bonds is 7. The van der Waals surface area contributed by atoms with Crippen LogP contribution in [0.4, 0.5) is 20.3 Å². The number of carbonyl (C=O) groups is 1. The average molecular weight is 636 g/mol. The fraction of sp³-hybridized carbons (Fsp3) is 0.455. The van der Waals surface area contributed by atoms with E-state index >= 15 is 0 Å². The fourth-order valence-electron chi connectivity index (χ4n) is 6.93. The van der Waals surface area contributed by atoms with E-state index in [1.54, 1.807) is 6.92 Å². The number of nitrogens with zero attached hydrogens (tertiary/aromatic N) is 7. The van der Waals surface area contributed by atoms with E-state index in [1.165, 1.54) is 4.90 Å². The molecule has 2 fully saturated rings. The summed E-state index contributed by atoms with van der Waals surface area (Å²) < 4.78 is 34.7. The van der Waals surface area contributed by atoms with Crippen LogP contribution in [-0.2, 0) is 17.8 Å². The predicted molar refractivity (Wildman–Crippen MR) is 170 cm³/mol. The summed E-state index contributed by atoms with van der Waals surface area (Å²) in [6.07, 6.45) is 1.03. The third-order valence-electron chi connectivity index (χ3n) is 9.07. The van der Waals surface area contributed by atoms with Gasteiger partial charge >= 0.3 is 6.01 Å². The van der Waals surface area contributed by atoms with Crippen LogP contribution in [0.2, 0.25) is 5.02 Å². The van der Waals surface area contributed by atoms with E-state index in [1.807, 2.05) is 47.2 Å². The van der Waals surface area contributed by atoms with Crippen molar-refractivity contribution in [2.45, 2.75) is 50.5 Å². The van der Waals surface area contributed by atoms with E-state index in [9.17, 15) is 18.8 Å². The molecule has 236 valence electrons. The molecule has 0 N–H and O–H groups in total. The molecule has 6 rings (SSSR count). The van der Waals surface area contributed by atoms with Crippen LogP contribution in [0.15, 0.2) is 48.8 Å². The van der Waals surface area contributed by atoms with Gasteiger partial charge in [-0.1, -0.05) is 42.4 Å². The van der Waals surface area contributed by atoms with E-state index in [0.29, 0.717) is 56.4 Å². The number of amides is 1. The minimum atomic E-state index is -1.29. The third kappa shape index (κ3) is 6.26. The van der Waals surface area contributed by atoms with E-state index in [2.05, 4.69) is 23.6 Å². The standard InChI is InChI=1S/C33H36ClF2N7O2/c1-21(35)31(44)43-15-14-42(17-23(43)10-12-37)30-25-11-13-41(28-9-5-7-22-6-4-8-26(34)29(22)28)18-27(25)38-32(39-30)45-19-24-16-33(2,36)20-40(24)3/h4-9,23-24H,1,10-11,13-20H2,2-3H3/t23-,24-,33?/m0/s1. The van der Waals surface area contributed by atoms with Crippen LogP contribution in [-0.4, -0.2) is 89.8 Å². The molecule has 1 aromatic heterocycles. The summed E-state index contributed by atoms with van der Waals surface area (Å²) in [7, 11) is 1.88. The van der Waals surface area contributed by atoms with Gasteiger partial charge in [-0.3, -0.25) is 9.69 Å². The maximum atomic E-state index is 14.7. The van der Waals surface area contributed by atoms with Gasteiger partial charge in [0.2, 0.25) is 0 Å². The maximum absolute atomic E-state index is 14.7. The number of hydrogen-bond donors (Lipinski definition) is 0. The lowest BCUT2D eigenvalue weighted by molar-refractivity contribution is -0.131. The summed E-state index contributed by atoms with van der Waals surface area (Å²) in [4.78, 5) is 29.8. The van der Waals surface area contributed by atoms with Gasteiger partial charge in [0.25, 0.3) is 5.91 Å². The number of benzene rings is 2. The Labute approximate surface area is 266 Å². The quantitative estimate of drug-likeness (QED) is 0.333. The molecule has 0 radical (unpaired) electrons. The van der Waals surface area contributed by atoms with Crippen LogP contribution < -0.4 is 14.5 Å². The molecule has 9 nitrogen and oxygen atoms in total. The molecule has 3 aromatic rings. The van der Waals surface area contributed by atoms with Crippen molar-refractivity contribution < 1.29 is 18.3 Å². The summed E-state index contributed by atoms with van der Waals surface area (Å²) in [6, 6.07) is 13.6. The minimum absolute atomic E-state index is 0.0395. The number of fused-ring (bicyclic) bond motifs is 2. The molecule has 12 heteroatoms. The normalized spacial score (nSPS) is 23.6. The van der Waals surface area contributed by atoms with E-state index < -0.39 is 23.4 Å². The number of anilines is 2. The van der Waals surface area contributed by atoms with Crippen molar-refractivity contribution in [2.75, 3.05) is 56.2 Å². The molecule has 1 amide bonds. The van der Waals surface area contributed by atoms with Gasteiger partial charge in [0, 0.05) is 61.8 Å². The fourth-order valence-corrected chi connectivity index (χ4v) is 7.21. The van der Waals surface area contributed by atoms with Gasteiger partial charge in [0.05, 0.1) is 35.8 Å². The van der Waals surface area contributed by atoms with Crippen molar-refractivity contribution in [1.29, 1.82) is 5.26 Å². The molecule has 3 aliphatic heterocycles. The van der Waals surface area contributed by atoms with Gasteiger partial charge in [-0.15, -0.1) is 0 Å². The van der Waals surface area contributed by atoms with Crippen LogP contribution in [0.25, 0.3) is 10.8 Å². The Balaban J connectivity index is 1.34. The Hall–Kier alpha value is -4.01. The second kappa shape index (κ2) is 12.4. The lowest BCUT2D eigenvalue weighted by Gasteiger charge is -2.42. The molecule has 3 aliphatic rings. The first-order chi connectivity index (χ1) is 21.5. The highest BCUT2D eigenvalue weighted by Gasteiger charge is 2.40. The first-order valence-corrected chi connectivity index (χ1v) is 15.5. The number of ether oxygens (including phenoxy) is 1. The van der Waals surface area contributed by atoms with Gasteiger partial charge in [-0.2, -0.15) is 15.2 Å². The number of piperazine rings is 1. The highest BCUT2D eigenvalue weighted by molar-refractivity contribution is 6.36. The topological polar surface area (TPSA) is 88.8 Å². The molecule has 0 bridgehead atoms. The van der Waals surface area contributed by atoms with Crippen molar-refractivity contribution in [3.8, 4) is 12.1 Å². The predicted octanol–water partition coefficient (Wildman–Crippen LogP) is 5.07. The monoisotopic (exact) mass is 635 g/mol.